The Morgan fingerprint density at radius 3 is 2.25 bits per heavy atom. The van der Waals surface area contributed by atoms with Crippen LogP contribution in [0.2, 0.25) is 0 Å². The van der Waals surface area contributed by atoms with Crippen LogP contribution in [0.4, 0.5) is 0 Å². The third-order valence-corrected chi connectivity index (χ3v) is 6.68. The molecule has 0 unspecified atom stereocenters. The van der Waals surface area contributed by atoms with Crippen LogP contribution in [-0.2, 0) is 16.6 Å². The average Bonchev–Trinajstić information content (AvgIpc) is 3.32. The number of carbonyl (C=O) groups is 1. The van der Waals surface area contributed by atoms with Crippen LogP contribution in [0.5, 0.6) is 5.75 Å². The molecule has 0 N–H and O–H groups in total. The van der Waals surface area contributed by atoms with Gasteiger partial charge in [-0.25, -0.2) is 8.42 Å². The number of hydrogen-bond donors (Lipinski definition) is 0. The van der Waals surface area contributed by atoms with E-state index < -0.39 is 10.0 Å². The minimum absolute atomic E-state index is 0.219. The second-order valence-electron chi connectivity index (χ2n) is 7.32. The van der Waals surface area contributed by atoms with E-state index in [0.717, 1.165) is 11.3 Å². The number of nitrogens with zero attached hydrogens (tertiary/aromatic N) is 2. The molecule has 4 rings (SSSR count). The first-order chi connectivity index (χ1) is 15.5. The Balaban J connectivity index is 1.31. The molecule has 0 radical (unpaired) electrons. The molecular weight excluding hydrogens is 428 g/mol. The quantitative estimate of drug-likeness (QED) is 0.547. The van der Waals surface area contributed by atoms with E-state index in [-0.39, 0.29) is 31.4 Å². The average molecular weight is 453 g/mol. The zero-order valence-electron chi connectivity index (χ0n) is 17.5. The second kappa shape index (κ2) is 9.84. The molecule has 0 bridgehead atoms. The molecule has 1 saturated heterocycles. The van der Waals surface area contributed by atoms with Gasteiger partial charge in [-0.15, -0.1) is 0 Å². The number of benzene rings is 2. The standard InChI is InChI=1S/C24H24N2O5S/c27-24(23-12-11-22(31-23)19-30-21-9-5-2-6-10-21)25-14-16-26(17-15-25)32(28,29)18-13-20-7-3-1-4-8-20/h1-13,18H,14-17,19H2/b18-13+. The Bertz CT molecular complexity index is 1170. The summed E-state index contributed by atoms with van der Waals surface area (Å²) in [5.74, 6) is 1.23. The van der Waals surface area contributed by atoms with Gasteiger partial charge in [0, 0.05) is 31.6 Å². The van der Waals surface area contributed by atoms with Crippen LogP contribution >= 0.6 is 0 Å². The van der Waals surface area contributed by atoms with Crippen molar-refractivity contribution in [2.45, 2.75) is 6.61 Å². The number of piperazine rings is 1. The Hall–Kier alpha value is -3.36. The number of carbonyl (C=O) groups excluding carboxylic acids is 1. The van der Waals surface area contributed by atoms with Crippen molar-refractivity contribution in [1.29, 1.82) is 0 Å². The van der Waals surface area contributed by atoms with Crippen LogP contribution < -0.4 is 4.74 Å². The Morgan fingerprint density at radius 2 is 1.56 bits per heavy atom. The van der Waals surface area contributed by atoms with Crippen molar-refractivity contribution >= 4 is 22.0 Å². The highest BCUT2D eigenvalue weighted by atomic mass is 32.2. The zero-order valence-corrected chi connectivity index (χ0v) is 18.3. The van der Waals surface area contributed by atoms with Gasteiger partial charge in [0.05, 0.1) is 0 Å². The van der Waals surface area contributed by atoms with Crippen molar-refractivity contribution in [3.63, 3.8) is 0 Å². The number of rotatable bonds is 7. The number of amides is 1. The van der Waals surface area contributed by atoms with E-state index in [0.29, 0.717) is 18.8 Å². The van der Waals surface area contributed by atoms with E-state index in [1.165, 1.54) is 9.71 Å². The summed E-state index contributed by atoms with van der Waals surface area (Å²) in [6.07, 6.45) is 1.58. The van der Waals surface area contributed by atoms with Gasteiger partial charge in [-0.05, 0) is 35.9 Å². The van der Waals surface area contributed by atoms with E-state index in [1.807, 2.05) is 60.7 Å². The van der Waals surface area contributed by atoms with E-state index >= 15 is 0 Å². The fourth-order valence-corrected chi connectivity index (χ4v) is 4.53. The molecule has 1 aliphatic rings. The van der Waals surface area contributed by atoms with E-state index in [4.69, 9.17) is 9.15 Å². The van der Waals surface area contributed by atoms with E-state index in [1.54, 1.807) is 23.1 Å². The minimum atomic E-state index is -3.55. The van der Waals surface area contributed by atoms with Crippen LogP contribution in [-0.4, -0.2) is 49.7 Å². The highest BCUT2D eigenvalue weighted by Gasteiger charge is 2.29. The maximum Gasteiger partial charge on any atom is 0.289 e. The molecule has 8 heteroatoms. The van der Waals surface area contributed by atoms with E-state index in [2.05, 4.69) is 0 Å². The SMILES string of the molecule is O=C(c1ccc(COc2ccccc2)o1)N1CCN(S(=O)(=O)/C=C/c2ccccc2)CC1. The van der Waals surface area contributed by atoms with Gasteiger partial charge in [0.25, 0.3) is 5.91 Å². The molecule has 2 heterocycles. The summed E-state index contributed by atoms with van der Waals surface area (Å²) in [5, 5.41) is 1.21. The third kappa shape index (κ3) is 5.46. The first-order valence-electron chi connectivity index (χ1n) is 10.3. The number of sulfonamides is 1. The summed E-state index contributed by atoms with van der Waals surface area (Å²) in [5.41, 5.74) is 0.815. The summed E-state index contributed by atoms with van der Waals surface area (Å²) < 4.78 is 37.9. The second-order valence-corrected chi connectivity index (χ2v) is 9.14. The molecule has 0 atom stereocenters. The molecule has 7 nitrogen and oxygen atoms in total. The molecule has 2 aromatic carbocycles. The summed E-state index contributed by atoms with van der Waals surface area (Å²) in [7, 11) is -3.55. The van der Waals surface area contributed by atoms with Crippen molar-refractivity contribution in [3.8, 4) is 5.75 Å². The predicted molar refractivity (Wildman–Crippen MR) is 121 cm³/mol. The van der Waals surface area contributed by atoms with Gasteiger partial charge in [-0.3, -0.25) is 4.79 Å². The van der Waals surface area contributed by atoms with Crippen LogP contribution in [0.1, 0.15) is 21.9 Å². The van der Waals surface area contributed by atoms with Crippen LogP contribution in [0.3, 0.4) is 0 Å². The highest BCUT2D eigenvalue weighted by molar-refractivity contribution is 7.92. The summed E-state index contributed by atoms with van der Waals surface area (Å²) in [6.45, 7) is 1.29. The lowest BCUT2D eigenvalue weighted by atomic mass is 10.2. The van der Waals surface area contributed by atoms with Gasteiger partial charge in [0.2, 0.25) is 10.0 Å². The van der Waals surface area contributed by atoms with E-state index in [9.17, 15) is 13.2 Å². The Labute approximate surface area is 187 Å². The predicted octanol–water partition coefficient (Wildman–Crippen LogP) is 3.62. The number of ether oxygens (including phenoxy) is 1. The van der Waals surface area contributed by atoms with Crippen molar-refractivity contribution in [2.75, 3.05) is 26.2 Å². The summed E-state index contributed by atoms with van der Waals surface area (Å²) in [4.78, 5) is 14.4. The van der Waals surface area contributed by atoms with Crippen molar-refractivity contribution in [2.24, 2.45) is 0 Å². The summed E-state index contributed by atoms with van der Waals surface area (Å²) in [6, 6.07) is 21.9. The smallest absolute Gasteiger partial charge is 0.289 e. The molecule has 166 valence electrons. The van der Waals surface area contributed by atoms with Gasteiger partial charge in [0.15, 0.2) is 5.76 Å². The molecule has 3 aromatic rings. The Morgan fingerprint density at radius 1 is 0.906 bits per heavy atom. The zero-order chi connectivity index (χ0) is 22.4. The molecule has 32 heavy (non-hydrogen) atoms. The van der Waals surface area contributed by atoms with Crippen molar-refractivity contribution < 1.29 is 22.4 Å². The van der Waals surface area contributed by atoms with Gasteiger partial charge in [-0.2, -0.15) is 4.31 Å². The third-order valence-electron chi connectivity index (χ3n) is 5.11. The Kier molecular flexibility index (Phi) is 6.72. The lowest BCUT2D eigenvalue weighted by molar-refractivity contribution is 0.0662. The molecule has 0 spiro atoms. The topological polar surface area (TPSA) is 80.1 Å². The van der Waals surface area contributed by atoms with Gasteiger partial charge in [-0.1, -0.05) is 48.5 Å². The molecule has 1 aromatic heterocycles. The fraction of sp³-hybridized carbons (Fsp3) is 0.208. The lowest BCUT2D eigenvalue weighted by Gasteiger charge is -2.32. The number of furan rings is 1. The number of hydrogen-bond acceptors (Lipinski definition) is 5. The molecule has 1 fully saturated rings. The highest BCUT2D eigenvalue weighted by Crippen LogP contribution is 2.17. The first-order valence-corrected chi connectivity index (χ1v) is 11.8. The van der Waals surface area contributed by atoms with Gasteiger partial charge < -0.3 is 14.1 Å². The minimum Gasteiger partial charge on any atom is -0.486 e. The maximum atomic E-state index is 12.8. The lowest BCUT2D eigenvalue weighted by Crippen LogP contribution is -2.50. The monoisotopic (exact) mass is 452 g/mol. The summed E-state index contributed by atoms with van der Waals surface area (Å²) >= 11 is 0. The molecule has 0 aliphatic carbocycles. The van der Waals surface area contributed by atoms with Crippen LogP contribution in [0, 0.1) is 0 Å². The molecular formula is C24H24N2O5S. The molecule has 1 aliphatic heterocycles. The largest absolute Gasteiger partial charge is 0.486 e. The van der Waals surface area contributed by atoms with Gasteiger partial charge >= 0.3 is 0 Å². The van der Waals surface area contributed by atoms with Crippen LogP contribution in [0.25, 0.3) is 6.08 Å². The van der Waals surface area contributed by atoms with Gasteiger partial charge in [0.1, 0.15) is 18.1 Å². The number of para-hydroxylation sites is 1. The first kappa shape index (κ1) is 21.9. The van der Waals surface area contributed by atoms with Crippen molar-refractivity contribution in [1.82, 2.24) is 9.21 Å². The maximum absolute atomic E-state index is 12.8. The normalized spacial score (nSPS) is 15.2. The van der Waals surface area contributed by atoms with Crippen molar-refractivity contribution in [3.05, 3.63) is 95.3 Å². The molecule has 0 saturated carbocycles. The van der Waals surface area contributed by atoms with Crippen LogP contribution in [0.15, 0.2) is 82.6 Å². The molecule has 1 amide bonds. The fourth-order valence-electron chi connectivity index (χ4n) is 3.36.